The van der Waals surface area contributed by atoms with Gasteiger partial charge in [-0.05, 0) is 43.2 Å². The Morgan fingerprint density at radius 2 is 1.97 bits per heavy atom. The van der Waals surface area contributed by atoms with Crippen LogP contribution in [0.5, 0.6) is 0 Å². The van der Waals surface area contributed by atoms with Gasteiger partial charge >= 0.3 is 0 Å². The maximum Gasteiger partial charge on any atom is 0.272 e. The van der Waals surface area contributed by atoms with Crippen LogP contribution < -0.4 is 5.73 Å². The molecular weight excluding hydrogens is 459 g/mol. The summed E-state index contributed by atoms with van der Waals surface area (Å²) < 4.78 is 16.3. The smallest absolute Gasteiger partial charge is 0.272 e. The molecule has 4 aromatic rings. The van der Waals surface area contributed by atoms with Gasteiger partial charge in [-0.2, -0.15) is 5.10 Å². The number of hydrogen-bond acceptors (Lipinski definition) is 5. The van der Waals surface area contributed by atoms with Crippen molar-refractivity contribution in [2.75, 3.05) is 12.8 Å². The number of benzene rings is 2. The van der Waals surface area contributed by atoms with Gasteiger partial charge in [0.05, 0.1) is 29.2 Å². The second-order valence-electron chi connectivity index (χ2n) is 8.49. The van der Waals surface area contributed by atoms with Gasteiger partial charge in [-0.1, -0.05) is 17.7 Å². The van der Waals surface area contributed by atoms with E-state index in [0.717, 1.165) is 18.4 Å². The first-order valence-electron chi connectivity index (χ1n) is 10.8. The first-order valence-corrected chi connectivity index (χ1v) is 11.2. The van der Waals surface area contributed by atoms with Crippen molar-refractivity contribution in [3.05, 3.63) is 64.6 Å². The molecule has 2 aromatic carbocycles. The topological polar surface area (TPSA) is 97.3 Å². The third-order valence-corrected chi connectivity index (χ3v) is 6.37. The van der Waals surface area contributed by atoms with Crippen LogP contribution in [-0.2, 0) is 18.4 Å². The van der Waals surface area contributed by atoms with E-state index >= 15 is 0 Å². The van der Waals surface area contributed by atoms with Crippen molar-refractivity contribution in [2.45, 2.75) is 19.4 Å². The third-order valence-electron chi connectivity index (χ3n) is 6.13. The lowest BCUT2D eigenvalue weighted by Crippen LogP contribution is -2.47. The molecule has 0 aliphatic heterocycles. The molecule has 1 aliphatic rings. The highest BCUT2D eigenvalue weighted by atomic mass is 35.5. The molecule has 10 heteroatoms. The van der Waals surface area contributed by atoms with Crippen molar-refractivity contribution in [1.29, 1.82) is 0 Å². The minimum absolute atomic E-state index is 0.117. The van der Waals surface area contributed by atoms with Crippen molar-refractivity contribution >= 4 is 51.0 Å². The maximum absolute atomic E-state index is 14.6. The molecule has 1 saturated carbocycles. The van der Waals surface area contributed by atoms with Gasteiger partial charge in [0.2, 0.25) is 5.91 Å². The highest BCUT2D eigenvalue weighted by Crippen LogP contribution is 2.32. The quantitative estimate of drug-likeness (QED) is 0.446. The van der Waals surface area contributed by atoms with Crippen molar-refractivity contribution in [3.63, 3.8) is 0 Å². The number of hydrogen-bond donors (Lipinski definition) is 1. The fourth-order valence-electron chi connectivity index (χ4n) is 4.08. The number of halogens is 2. The summed E-state index contributed by atoms with van der Waals surface area (Å²) in [5.41, 5.74) is 8.00. The summed E-state index contributed by atoms with van der Waals surface area (Å²) in [5, 5.41) is 8.45. The second kappa shape index (κ2) is 8.25. The Morgan fingerprint density at radius 1 is 1.21 bits per heavy atom. The monoisotopic (exact) mass is 480 g/mol. The van der Waals surface area contributed by atoms with Crippen LogP contribution in [0, 0.1) is 11.7 Å². The predicted molar refractivity (Wildman–Crippen MR) is 127 cm³/mol. The van der Waals surface area contributed by atoms with Crippen molar-refractivity contribution in [3.8, 4) is 0 Å². The normalized spacial score (nSPS) is 13.4. The van der Waals surface area contributed by atoms with Gasteiger partial charge in [0.1, 0.15) is 11.6 Å². The fraction of sp³-hybridized carbons (Fsp3) is 0.250. The Kier molecular flexibility index (Phi) is 5.36. The highest BCUT2D eigenvalue weighted by Gasteiger charge is 2.36. The molecule has 5 rings (SSSR count). The molecule has 2 aromatic heterocycles. The zero-order valence-corrected chi connectivity index (χ0v) is 19.4. The van der Waals surface area contributed by atoms with Crippen LogP contribution in [0.4, 0.5) is 10.2 Å². The molecule has 0 unspecified atom stereocenters. The van der Waals surface area contributed by atoms with Gasteiger partial charge in [0.25, 0.3) is 5.91 Å². The van der Waals surface area contributed by atoms with E-state index in [1.807, 2.05) is 0 Å². The van der Waals surface area contributed by atoms with E-state index in [-0.39, 0.29) is 29.0 Å². The highest BCUT2D eigenvalue weighted by molar-refractivity contribution is 6.30. The van der Waals surface area contributed by atoms with Crippen LogP contribution >= 0.6 is 11.6 Å². The SMILES string of the molecule is CN(C(=O)C1CC1)N(Cc1ccc(Cl)cc1F)C(=O)c1ccc2nc(N)c3cnn(C)c3c2c1. The fourth-order valence-corrected chi connectivity index (χ4v) is 4.24. The zero-order valence-electron chi connectivity index (χ0n) is 18.6. The summed E-state index contributed by atoms with van der Waals surface area (Å²) in [6, 6.07) is 9.29. The number of fused-ring (bicyclic) bond motifs is 3. The molecule has 1 aliphatic carbocycles. The number of anilines is 1. The summed E-state index contributed by atoms with van der Waals surface area (Å²) in [4.78, 5) is 30.9. The lowest BCUT2D eigenvalue weighted by atomic mass is 10.1. The van der Waals surface area contributed by atoms with Gasteiger partial charge < -0.3 is 5.73 Å². The van der Waals surface area contributed by atoms with E-state index in [0.29, 0.717) is 27.7 Å². The molecule has 0 spiro atoms. The van der Waals surface area contributed by atoms with E-state index in [2.05, 4.69) is 10.1 Å². The minimum atomic E-state index is -0.549. The predicted octanol–water partition coefficient (Wildman–Crippen LogP) is 3.92. The number of amides is 2. The Bertz CT molecular complexity index is 1470. The lowest BCUT2D eigenvalue weighted by molar-refractivity contribution is -0.144. The molecule has 0 saturated heterocycles. The van der Waals surface area contributed by atoms with Gasteiger partial charge in [0, 0.05) is 41.5 Å². The van der Waals surface area contributed by atoms with Crippen LogP contribution in [0.25, 0.3) is 21.8 Å². The summed E-state index contributed by atoms with van der Waals surface area (Å²) in [5.74, 6) is -0.934. The van der Waals surface area contributed by atoms with Crippen LogP contribution in [0.2, 0.25) is 5.02 Å². The maximum atomic E-state index is 14.6. The first-order chi connectivity index (χ1) is 16.2. The number of nitrogen functional groups attached to an aromatic ring is 1. The Labute approximate surface area is 199 Å². The minimum Gasteiger partial charge on any atom is -0.383 e. The first kappa shape index (κ1) is 22.1. The largest absolute Gasteiger partial charge is 0.383 e. The lowest BCUT2D eigenvalue weighted by Gasteiger charge is -2.32. The van der Waals surface area contributed by atoms with E-state index in [9.17, 15) is 14.0 Å². The van der Waals surface area contributed by atoms with Crippen LogP contribution in [0.15, 0.2) is 42.6 Å². The molecule has 34 heavy (non-hydrogen) atoms. The molecule has 8 nitrogen and oxygen atoms in total. The van der Waals surface area contributed by atoms with Crippen molar-refractivity contribution < 1.29 is 14.0 Å². The van der Waals surface area contributed by atoms with Crippen molar-refractivity contribution in [1.82, 2.24) is 24.8 Å². The number of carbonyl (C=O) groups is 2. The molecule has 0 atom stereocenters. The molecular formula is C24H22ClFN6O2. The Morgan fingerprint density at radius 3 is 2.68 bits per heavy atom. The standard InChI is InChI=1S/C24H22ClFN6O2/c1-30-21-17-9-14(6-8-20(17)29-22(27)18(21)11-28-30)24(34)32(31(2)23(33)13-3-4-13)12-15-5-7-16(25)10-19(15)26/h5-11,13H,3-4,12H2,1-2H3,(H2,27,29). The average molecular weight is 481 g/mol. The van der Waals surface area contributed by atoms with E-state index < -0.39 is 11.7 Å². The molecule has 0 radical (unpaired) electrons. The van der Waals surface area contributed by atoms with Gasteiger partial charge in [-0.3, -0.25) is 19.3 Å². The van der Waals surface area contributed by atoms with Crippen molar-refractivity contribution in [2.24, 2.45) is 13.0 Å². The molecule has 2 amide bonds. The average Bonchev–Trinajstić information content (AvgIpc) is 3.59. The van der Waals surface area contributed by atoms with Gasteiger partial charge in [-0.25, -0.2) is 14.4 Å². The number of aromatic nitrogens is 3. The summed E-state index contributed by atoms with van der Waals surface area (Å²) in [7, 11) is 3.32. The third kappa shape index (κ3) is 3.81. The number of rotatable bonds is 4. The van der Waals surface area contributed by atoms with Crippen LogP contribution in [-0.4, -0.2) is 43.6 Å². The van der Waals surface area contributed by atoms with Crippen LogP contribution in [0.3, 0.4) is 0 Å². The summed E-state index contributed by atoms with van der Waals surface area (Å²) in [6.45, 7) is -0.129. The number of hydrazine groups is 1. The van der Waals surface area contributed by atoms with Crippen LogP contribution in [0.1, 0.15) is 28.8 Å². The number of nitrogens with zero attached hydrogens (tertiary/aromatic N) is 5. The van der Waals surface area contributed by atoms with Gasteiger partial charge in [0.15, 0.2) is 0 Å². The van der Waals surface area contributed by atoms with E-state index in [1.165, 1.54) is 29.2 Å². The summed E-state index contributed by atoms with van der Waals surface area (Å²) in [6.07, 6.45) is 3.19. The Hall–Kier alpha value is -3.72. The summed E-state index contributed by atoms with van der Waals surface area (Å²) >= 11 is 5.89. The number of nitrogens with two attached hydrogens (primary N) is 1. The molecule has 0 bridgehead atoms. The van der Waals surface area contributed by atoms with E-state index in [4.69, 9.17) is 17.3 Å². The molecule has 1 fully saturated rings. The Balaban J connectivity index is 1.58. The molecule has 2 heterocycles. The van der Waals surface area contributed by atoms with E-state index in [1.54, 1.807) is 42.2 Å². The second-order valence-corrected chi connectivity index (χ2v) is 8.93. The molecule has 174 valence electrons. The number of carbonyl (C=O) groups excluding carboxylic acids is 2. The van der Waals surface area contributed by atoms with Gasteiger partial charge in [-0.15, -0.1) is 0 Å². The number of aryl methyl sites for hydroxylation is 1. The number of pyridine rings is 1. The molecule has 2 N–H and O–H groups in total. The zero-order chi connectivity index (χ0) is 24.1.